The van der Waals surface area contributed by atoms with Crippen molar-refractivity contribution >= 4 is 23.7 Å². The smallest absolute Gasteiger partial charge is 0.257 e. The summed E-state index contributed by atoms with van der Waals surface area (Å²) in [6.07, 6.45) is 2.19. The number of benzene rings is 2. The number of carbonyl (C=O) groups is 1. The van der Waals surface area contributed by atoms with Crippen LogP contribution in [0.5, 0.6) is 5.75 Å². The lowest BCUT2D eigenvalue weighted by molar-refractivity contribution is -0.142. The van der Waals surface area contributed by atoms with E-state index in [1.807, 2.05) is 25.1 Å². The number of phenols is 1. The number of rotatable bonds is 4. The van der Waals surface area contributed by atoms with E-state index in [1.165, 1.54) is 7.11 Å². The SMILES string of the molecule is COC1C(=O)Nc2ccc(C=Cc3ccc(C)o3)c(O)c2C1(O)c1ccccc1. The zero-order valence-electron chi connectivity index (χ0n) is 16.0. The highest BCUT2D eigenvalue weighted by molar-refractivity contribution is 6.00. The van der Waals surface area contributed by atoms with E-state index in [-0.39, 0.29) is 11.3 Å². The van der Waals surface area contributed by atoms with Crippen molar-refractivity contribution in [1.29, 1.82) is 0 Å². The number of amides is 1. The standard InChI is InChI=1S/C23H21NO5/c1-14-8-11-17(29-14)12-9-15-10-13-18-19(20(15)25)23(27,16-6-4-3-5-7-16)21(28-2)22(26)24-18/h3-13,21,25,27H,1-2H3,(H,24,26). The first kappa shape index (κ1) is 19.0. The van der Waals surface area contributed by atoms with Crippen LogP contribution in [-0.4, -0.2) is 29.3 Å². The number of hydrogen-bond acceptors (Lipinski definition) is 5. The summed E-state index contributed by atoms with van der Waals surface area (Å²) in [6.45, 7) is 1.85. The molecule has 0 fully saturated rings. The second-order valence-electron chi connectivity index (χ2n) is 6.95. The van der Waals surface area contributed by atoms with Crippen LogP contribution < -0.4 is 5.32 Å². The molecule has 0 bridgehead atoms. The zero-order chi connectivity index (χ0) is 20.6. The summed E-state index contributed by atoms with van der Waals surface area (Å²) >= 11 is 0. The van der Waals surface area contributed by atoms with Crippen LogP contribution in [0.1, 0.15) is 28.2 Å². The molecule has 0 aliphatic carbocycles. The highest BCUT2D eigenvalue weighted by Crippen LogP contribution is 2.47. The Morgan fingerprint density at radius 3 is 2.52 bits per heavy atom. The van der Waals surface area contributed by atoms with Crippen molar-refractivity contribution in [3.63, 3.8) is 0 Å². The van der Waals surface area contributed by atoms with Crippen LogP contribution in [0.3, 0.4) is 0 Å². The minimum Gasteiger partial charge on any atom is -0.507 e. The topological polar surface area (TPSA) is 91.9 Å². The molecular formula is C23H21NO5. The minimum absolute atomic E-state index is 0.143. The van der Waals surface area contributed by atoms with Crippen molar-refractivity contribution < 1.29 is 24.2 Å². The Kier molecular flexibility index (Phi) is 4.74. The Balaban J connectivity index is 1.88. The number of ether oxygens (including phenoxy) is 1. The zero-order valence-corrected chi connectivity index (χ0v) is 16.0. The molecule has 0 saturated heterocycles. The number of nitrogens with one attached hydrogen (secondary N) is 1. The molecule has 2 heterocycles. The second-order valence-corrected chi connectivity index (χ2v) is 6.95. The number of phenolic OH excluding ortho intramolecular Hbond substituents is 1. The molecule has 148 valence electrons. The molecule has 1 aliphatic rings. The first-order chi connectivity index (χ1) is 13.9. The normalized spacial score (nSPS) is 21.2. The Morgan fingerprint density at radius 2 is 1.86 bits per heavy atom. The number of carbonyl (C=O) groups excluding carboxylic acids is 1. The van der Waals surface area contributed by atoms with E-state index in [4.69, 9.17) is 9.15 Å². The quantitative estimate of drug-likeness (QED) is 0.631. The van der Waals surface area contributed by atoms with Gasteiger partial charge in [-0.3, -0.25) is 4.79 Å². The molecule has 6 heteroatoms. The predicted molar refractivity (Wildman–Crippen MR) is 109 cm³/mol. The number of hydrogen-bond donors (Lipinski definition) is 3. The van der Waals surface area contributed by atoms with Gasteiger partial charge in [0, 0.05) is 12.7 Å². The lowest BCUT2D eigenvalue weighted by atomic mass is 9.77. The van der Waals surface area contributed by atoms with E-state index in [2.05, 4.69) is 5.32 Å². The highest BCUT2D eigenvalue weighted by atomic mass is 16.5. The molecule has 0 radical (unpaired) electrons. The fourth-order valence-corrected chi connectivity index (χ4v) is 3.73. The number of aliphatic hydroxyl groups is 1. The van der Waals surface area contributed by atoms with Crippen LogP contribution >= 0.6 is 0 Å². The molecule has 2 aromatic carbocycles. The van der Waals surface area contributed by atoms with Gasteiger partial charge in [0.1, 0.15) is 17.3 Å². The molecule has 29 heavy (non-hydrogen) atoms. The molecule has 6 nitrogen and oxygen atoms in total. The van der Waals surface area contributed by atoms with Gasteiger partial charge in [-0.1, -0.05) is 30.3 Å². The highest BCUT2D eigenvalue weighted by Gasteiger charge is 2.51. The third-order valence-electron chi connectivity index (χ3n) is 5.10. The molecule has 2 unspecified atom stereocenters. The van der Waals surface area contributed by atoms with Crippen molar-refractivity contribution in [3.05, 3.63) is 82.8 Å². The lowest BCUT2D eigenvalue weighted by Crippen LogP contribution is -2.52. The van der Waals surface area contributed by atoms with Gasteiger partial charge in [-0.05, 0) is 48.9 Å². The van der Waals surface area contributed by atoms with Gasteiger partial charge in [0.05, 0.1) is 11.3 Å². The third kappa shape index (κ3) is 3.12. The molecule has 4 rings (SSSR count). The maximum absolute atomic E-state index is 12.6. The van der Waals surface area contributed by atoms with Crippen LogP contribution in [0.25, 0.3) is 12.2 Å². The summed E-state index contributed by atoms with van der Waals surface area (Å²) in [7, 11) is 1.35. The fraction of sp³-hybridized carbons (Fsp3) is 0.174. The van der Waals surface area contributed by atoms with Crippen molar-refractivity contribution in [2.75, 3.05) is 12.4 Å². The Labute approximate surface area is 168 Å². The molecule has 3 aromatic rings. The van der Waals surface area contributed by atoms with E-state index in [9.17, 15) is 15.0 Å². The lowest BCUT2D eigenvalue weighted by Gasteiger charge is -2.40. The molecule has 2 atom stereocenters. The average Bonchev–Trinajstić information content (AvgIpc) is 3.13. The summed E-state index contributed by atoms with van der Waals surface area (Å²) in [6, 6.07) is 15.7. The number of aryl methyl sites for hydroxylation is 1. The summed E-state index contributed by atoms with van der Waals surface area (Å²) in [4.78, 5) is 12.6. The van der Waals surface area contributed by atoms with Gasteiger partial charge in [-0.15, -0.1) is 0 Å². The number of aromatic hydroxyl groups is 1. The fourth-order valence-electron chi connectivity index (χ4n) is 3.73. The summed E-state index contributed by atoms with van der Waals surface area (Å²) in [5.74, 6) is 0.792. The Hall–Kier alpha value is -3.35. The van der Waals surface area contributed by atoms with E-state index in [0.717, 1.165) is 5.76 Å². The molecule has 0 spiro atoms. The van der Waals surface area contributed by atoms with E-state index < -0.39 is 17.6 Å². The maximum atomic E-state index is 12.6. The van der Waals surface area contributed by atoms with Crippen molar-refractivity contribution in [3.8, 4) is 5.75 Å². The van der Waals surface area contributed by atoms with Gasteiger partial charge in [0.25, 0.3) is 5.91 Å². The summed E-state index contributed by atoms with van der Waals surface area (Å²) in [5.41, 5.74) is -0.423. The van der Waals surface area contributed by atoms with Gasteiger partial charge in [-0.2, -0.15) is 0 Å². The summed E-state index contributed by atoms with van der Waals surface area (Å²) < 4.78 is 10.9. The summed E-state index contributed by atoms with van der Waals surface area (Å²) in [5, 5.41) is 25.5. The Morgan fingerprint density at radius 1 is 1.10 bits per heavy atom. The largest absolute Gasteiger partial charge is 0.507 e. The second kappa shape index (κ2) is 7.24. The van der Waals surface area contributed by atoms with Gasteiger partial charge < -0.3 is 24.7 Å². The molecule has 1 amide bonds. The number of fused-ring (bicyclic) bond motifs is 1. The van der Waals surface area contributed by atoms with E-state index in [0.29, 0.717) is 22.6 Å². The van der Waals surface area contributed by atoms with Crippen LogP contribution in [0.15, 0.2) is 59.0 Å². The monoisotopic (exact) mass is 391 g/mol. The van der Waals surface area contributed by atoms with Gasteiger partial charge in [-0.25, -0.2) is 0 Å². The maximum Gasteiger partial charge on any atom is 0.257 e. The molecule has 0 saturated carbocycles. The third-order valence-corrected chi connectivity index (χ3v) is 5.10. The Bertz CT molecular complexity index is 1090. The first-order valence-electron chi connectivity index (χ1n) is 9.17. The minimum atomic E-state index is -1.86. The first-order valence-corrected chi connectivity index (χ1v) is 9.17. The van der Waals surface area contributed by atoms with Crippen LogP contribution in [-0.2, 0) is 15.1 Å². The van der Waals surface area contributed by atoms with Gasteiger partial charge in [0.2, 0.25) is 0 Å². The van der Waals surface area contributed by atoms with Crippen molar-refractivity contribution in [2.45, 2.75) is 18.6 Å². The van der Waals surface area contributed by atoms with Crippen LogP contribution in [0.2, 0.25) is 0 Å². The van der Waals surface area contributed by atoms with E-state index >= 15 is 0 Å². The number of anilines is 1. The average molecular weight is 391 g/mol. The van der Waals surface area contributed by atoms with Crippen molar-refractivity contribution in [2.24, 2.45) is 0 Å². The molecule has 1 aliphatic heterocycles. The molecule has 3 N–H and O–H groups in total. The van der Waals surface area contributed by atoms with Crippen molar-refractivity contribution in [1.82, 2.24) is 0 Å². The van der Waals surface area contributed by atoms with Gasteiger partial charge >= 0.3 is 0 Å². The van der Waals surface area contributed by atoms with Gasteiger partial charge in [0.15, 0.2) is 11.7 Å². The van der Waals surface area contributed by atoms with Crippen LogP contribution in [0.4, 0.5) is 5.69 Å². The van der Waals surface area contributed by atoms with Crippen LogP contribution in [0, 0.1) is 6.92 Å². The number of furan rings is 1. The molecule has 1 aromatic heterocycles. The van der Waals surface area contributed by atoms with E-state index in [1.54, 1.807) is 48.6 Å². The predicted octanol–water partition coefficient (Wildman–Crippen LogP) is 3.67. The number of methoxy groups -OCH3 is 1. The molecular weight excluding hydrogens is 370 g/mol.